The van der Waals surface area contributed by atoms with Crippen LogP contribution in [0.4, 0.5) is 4.39 Å². The molecule has 0 amide bonds. The third-order valence-electron chi connectivity index (χ3n) is 3.39. The highest BCUT2D eigenvalue weighted by molar-refractivity contribution is 5.25. The van der Waals surface area contributed by atoms with Crippen LogP contribution >= 0.6 is 0 Å². The Kier molecular flexibility index (Phi) is 4.69. The summed E-state index contributed by atoms with van der Waals surface area (Å²) in [5.41, 5.74) is 3.35. The zero-order valence-electron chi connectivity index (χ0n) is 11.5. The summed E-state index contributed by atoms with van der Waals surface area (Å²) in [6.45, 7) is 5.02. The van der Waals surface area contributed by atoms with Gasteiger partial charge in [0.25, 0.3) is 0 Å². The topological polar surface area (TPSA) is 12.0 Å². The van der Waals surface area contributed by atoms with Gasteiger partial charge in [0.2, 0.25) is 0 Å². The molecule has 1 atom stereocenters. The predicted octanol–water partition coefficient (Wildman–Crippen LogP) is 3.85. The minimum atomic E-state index is -0.118. The maximum absolute atomic E-state index is 13.5. The third kappa shape index (κ3) is 3.90. The van der Waals surface area contributed by atoms with Gasteiger partial charge in [-0.15, -0.1) is 0 Å². The molecule has 0 saturated carbocycles. The summed E-state index contributed by atoms with van der Waals surface area (Å²) < 4.78 is 13.5. The summed E-state index contributed by atoms with van der Waals surface area (Å²) in [5.74, 6) is -0.118. The number of aryl methyl sites for hydroxylation is 1. The Hall–Kier alpha value is -1.67. The number of rotatable bonds is 5. The molecule has 1 unspecified atom stereocenters. The van der Waals surface area contributed by atoms with Gasteiger partial charge in [-0.2, -0.15) is 0 Å². The lowest BCUT2D eigenvalue weighted by molar-refractivity contribution is 0.525. The van der Waals surface area contributed by atoms with Crippen LogP contribution in [0.1, 0.15) is 23.6 Å². The molecule has 2 rings (SSSR count). The highest BCUT2D eigenvalue weighted by Gasteiger charge is 2.07. The number of nitrogens with one attached hydrogen (secondary N) is 1. The summed E-state index contributed by atoms with van der Waals surface area (Å²) in [7, 11) is 0. The van der Waals surface area contributed by atoms with E-state index in [2.05, 4.69) is 31.3 Å². The second-order valence-corrected chi connectivity index (χ2v) is 5.00. The van der Waals surface area contributed by atoms with E-state index in [0.29, 0.717) is 6.42 Å². The van der Waals surface area contributed by atoms with Crippen LogP contribution in [-0.4, -0.2) is 6.04 Å². The number of halogens is 1. The maximum Gasteiger partial charge on any atom is 0.126 e. The SMILES string of the molecule is Cc1ccccc1CNC(C)Cc1ccccc1F. The largest absolute Gasteiger partial charge is 0.310 e. The average Bonchev–Trinajstić information content (AvgIpc) is 2.40. The van der Waals surface area contributed by atoms with Crippen molar-refractivity contribution >= 4 is 0 Å². The van der Waals surface area contributed by atoms with Crippen molar-refractivity contribution in [3.05, 3.63) is 71.0 Å². The molecule has 0 radical (unpaired) electrons. The normalized spacial score (nSPS) is 12.4. The van der Waals surface area contributed by atoms with Gasteiger partial charge >= 0.3 is 0 Å². The minimum absolute atomic E-state index is 0.118. The zero-order valence-corrected chi connectivity index (χ0v) is 11.5. The molecule has 2 aromatic carbocycles. The van der Waals surface area contributed by atoms with Crippen molar-refractivity contribution in [2.75, 3.05) is 0 Å². The van der Waals surface area contributed by atoms with Gasteiger partial charge in [0.1, 0.15) is 5.82 Å². The molecule has 0 aliphatic rings. The summed E-state index contributed by atoms with van der Waals surface area (Å²) in [4.78, 5) is 0. The molecule has 0 heterocycles. The second kappa shape index (κ2) is 6.48. The van der Waals surface area contributed by atoms with Crippen LogP contribution in [0, 0.1) is 12.7 Å². The van der Waals surface area contributed by atoms with Gasteiger partial charge in [0.05, 0.1) is 0 Å². The monoisotopic (exact) mass is 257 g/mol. The molecule has 1 nitrogen and oxygen atoms in total. The molecule has 2 heteroatoms. The van der Waals surface area contributed by atoms with Crippen LogP contribution in [-0.2, 0) is 13.0 Å². The van der Waals surface area contributed by atoms with E-state index in [1.807, 2.05) is 24.3 Å². The molecule has 2 aromatic rings. The van der Waals surface area contributed by atoms with E-state index >= 15 is 0 Å². The molecule has 0 bridgehead atoms. The Morgan fingerprint density at radius 2 is 1.63 bits per heavy atom. The molecular weight excluding hydrogens is 237 g/mol. The summed E-state index contributed by atoms with van der Waals surface area (Å²) in [6, 6.07) is 15.5. The van der Waals surface area contributed by atoms with Crippen LogP contribution in [0.3, 0.4) is 0 Å². The maximum atomic E-state index is 13.5. The van der Waals surface area contributed by atoms with Crippen molar-refractivity contribution in [1.82, 2.24) is 5.32 Å². The summed E-state index contributed by atoms with van der Waals surface area (Å²) >= 11 is 0. The van der Waals surface area contributed by atoms with E-state index in [1.54, 1.807) is 6.07 Å². The second-order valence-electron chi connectivity index (χ2n) is 5.00. The Bertz CT molecular complexity index is 536. The molecule has 0 fully saturated rings. The third-order valence-corrected chi connectivity index (χ3v) is 3.39. The van der Waals surface area contributed by atoms with E-state index < -0.39 is 0 Å². The van der Waals surface area contributed by atoms with Gasteiger partial charge in [-0.3, -0.25) is 0 Å². The quantitative estimate of drug-likeness (QED) is 0.857. The van der Waals surface area contributed by atoms with Gasteiger partial charge in [-0.1, -0.05) is 42.5 Å². The molecule has 0 aliphatic carbocycles. The van der Waals surface area contributed by atoms with Crippen molar-refractivity contribution in [3.8, 4) is 0 Å². The molecular formula is C17H20FN. The highest BCUT2D eigenvalue weighted by atomic mass is 19.1. The molecule has 0 aliphatic heterocycles. The van der Waals surface area contributed by atoms with Gasteiger partial charge in [0, 0.05) is 12.6 Å². The fourth-order valence-corrected chi connectivity index (χ4v) is 2.16. The predicted molar refractivity (Wildman–Crippen MR) is 77.6 cm³/mol. The van der Waals surface area contributed by atoms with Crippen molar-refractivity contribution in [2.24, 2.45) is 0 Å². The molecule has 100 valence electrons. The van der Waals surface area contributed by atoms with Crippen molar-refractivity contribution in [3.63, 3.8) is 0 Å². The first kappa shape index (κ1) is 13.8. The fourth-order valence-electron chi connectivity index (χ4n) is 2.16. The van der Waals surface area contributed by atoms with Gasteiger partial charge < -0.3 is 5.32 Å². The van der Waals surface area contributed by atoms with Gasteiger partial charge in [-0.25, -0.2) is 4.39 Å². The first-order valence-electron chi connectivity index (χ1n) is 6.68. The van der Waals surface area contributed by atoms with Gasteiger partial charge in [-0.05, 0) is 43.0 Å². The van der Waals surface area contributed by atoms with E-state index in [4.69, 9.17) is 0 Å². The van der Waals surface area contributed by atoms with Crippen LogP contribution in [0.15, 0.2) is 48.5 Å². The fraction of sp³-hybridized carbons (Fsp3) is 0.294. The summed E-state index contributed by atoms with van der Waals surface area (Å²) in [6.07, 6.45) is 0.707. The molecule has 1 N–H and O–H groups in total. The number of hydrogen-bond donors (Lipinski definition) is 1. The first-order valence-corrected chi connectivity index (χ1v) is 6.68. The Labute approximate surface area is 114 Å². The molecule has 0 spiro atoms. The number of benzene rings is 2. The van der Waals surface area contributed by atoms with E-state index in [-0.39, 0.29) is 11.9 Å². The van der Waals surface area contributed by atoms with Crippen LogP contribution in [0.25, 0.3) is 0 Å². The first-order chi connectivity index (χ1) is 9.16. The highest BCUT2D eigenvalue weighted by Crippen LogP contribution is 2.10. The van der Waals surface area contributed by atoms with Crippen molar-refractivity contribution in [2.45, 2.75) is 32.9 Å². The van der Waals surface area contributed by atoms with Crippen molar-refractivity contribution in [1.29, 1.82) is 0 Å². The van der Waals surface area contributed by atoms with Crippen LogP contribution in [0.5, 0.6) is 0 Å². The Balaban J connectivity index is 1.90. The van der Waals surface area contributed by atoms with Crippen molar-refractivity contribution < 1.29 is 4.39 Å². The average molecular weight is 257 g/mol. The lowest BCUT2D eigenvalue weighted by atomic mass is 10.1. The Morgan fingerprint density at radius 1 is 1.00 bits per heavy atom. The Morgan fingerprint density at radius 3 is 2.32 bits per heavy atom. The molecule has 0 saturated heterocycles. The molecule has 0 aromatic heterocycles. The number of hydrogen-bond acceptors (Lipinski definition) is 1. The van der Waals surface area contributed by atoms with Crippen LogP contribution in [0.2, 0.25) is 0 Å². The standard InChI is InChI=1S/C17H20FN/c1-13-7-3-4-9-16(13)12-19-14(2)11-15-8-5-6-10-17(15)18/h3-10,14,19H,11-12H2,1-2H3. The summed E-state index contributed by atoms with van der Waals surface area (Å²) in [5, 5.41) is 3.45. The lowest BCUT2D eigenvalue weighted by Crippen LogP contribution is -2.28. The zero-order chi connectivity index (χ0) is 13.7. The smallest absolute Gasteiger partial charge is 0.126 e. The lowest BCUT2D eigenvalue weighted by Gasteiger charge is -2.15. The molecule has 19 heavy (non-hydrogen) atoms. The van der Waals surface area contributed by atoms with E-state index in [1.165, 1.54) is 17.2 Å². The van der Waals surface area contributed by atoms with Gasteiger partial charge in [0.15, 0.2) is 0 Å². The minimum Gasteiger partial charge on any atom is -0.310 e. The van der Waals surface area contributed by atoms with E-state index in [9.17, 15) is 4.39 Å². The van der Waals surface area contributed by atoms with Crippen LogP contribution < -0.4 is 5.32 Å². The van der Waals surface area contributed by atoms with E-state index in [0.717, 1.165) is 12.1 Å².